The zero-order chi connectivity index (χ0) is 7.52. The SMILES string of the molecule is C1CC[C]2NCCCC2CC1. The number of hydrogen-bond donors (Lipinski definition) is 1. The van der Waals surface area contributed by atoms with Gasteiger partial charge in [-0.3, -0.25) is 0 Å². The molecular formula is C10H18N. The molecule has 0 bridgehead atoms. The first-order valence-electron chi connectivity index (χ1n) is 5.06. The van der Waals surface area contributed by atoms with E-state index in [2.05, 4.69) is 5.32 Å². The Bertz CT molecular complexity index is 108. The van der Waals surface area contributed by atoms with Crippen LogP contribution in [0.4, 0.5) is 0 Å². The number of piperidine rings is 1. The molecule has 0 spiro atoms. The van der Waals surface area contributed by atoms with E-state index in [0.717, 1.165) is 5.92 Å². The lowest BCUT2D eigenvalue weighted by atomic mass is 9.87. The van der Waals surface area contributed by atoms with E-state index in [1.54, 1.807) is 6.04 Å². The Balaban J connectivity index is 1.93. The van der Waals surface area contributed by atoms with Gasteiger partial charge in [0.1, 0.15) is 0 Å². The molecule has 63 valence electrons. The third-order valence-corrected chi connectivity index (χ3v) is 3.07. The van der Waals surface area contributed by atoms with E-state index in [4.69, 9.17) is 0 Å². The molecule has 1 heteroatoms. The van der Waals surface area contributed by atoms with Crippen LogP contribution in [0.15, 0.2) is 0 Å². The lowest BCUT2D eigenvalue weighted by molar-refractivity contribution is 0.353. The quantitative estimate of drug-likeness (QED) is 0.562. The maximum Gasteiger partial charge on any atom is 0.0395 e. The van der Waals surface area contributed by atoms with E-state index in [1.165, 1.54) is 51.5 Å². The molecule has 1 saturated carbocycles. The highest BCUT2D eigenvalue weighted by Crippen LogP contribution is 2.33. The fourth-order valence-corrected chi connectivity index (χ4v) is 2.41. The van der Waals surface area contributed by atoms with Gasteiger partial charge in [0, 0.05) is 6.04 Å². The summed E-state index contributed by atoms with van der Waals surface area (Å²) in [5.41, 5.74) is 0. The molecule has 1 unspecified atom stereocenters. The number of fused-ring (bicyclic) bond motifs is 1. The lowest BCUT2D eigenvalue weighted by Gasteiger charge is -2.30. The summed E-state index contributed by atoms with van der Waals surface area (Å²) in [6.07, 6.45) is 10.0. The van der Waals surface area contributed by atoms with Crippen LogP contribution >= 0.6 is 0 Å². The van der Waals surface area contributed by atoms with E-state index in [0.29, 0.717) is 0 Å². The minimum atomic E-state index is 0.950. The molecule has 1 heterocycles. The summed E-state index contributed by atoms with van der Waals surface area (Å²) >= 11 is 0. The molecule has 11 heavy (non-hydrogen) atoms. The normalized spacial score (nSPS) is 34.4. The molecule has 1 N–H and O–H groups in total. The van der Waals surface area contributed by atoms with Crippen molar-refractivity contribution in [3.8, 4) is 0 Å². The monoisotopic (exact) mass is 152 g/mol. The molecule has 1 nitrogen and oxygen atoms in total. The van der Waals surface area contributed by atoms with Gasteiger partial charge in [0.15, 0.2) is 0 Å². The molecule has 2 aliphatic rings. The van der Waals surface area contributed by atoms with E-state index in [-0.39, 0.29) is 0 Å². The van der Waals surface area contributed by atoms with E-state index in [1.807, 2.05) is 0 Å². The van der Waals surface area contributed by atoms with Gasteiger partial charge in [-0.25, -0.2) is 0 Å². The van der Waals surface area contributed by atoms with Gasteiger partial charge in [-0.05, 0) is 38.1 Å². The van der Waals surface area contributed by atoms with Gasteiger partial charge in [-0.1, -0.05) is 19.3 Å². The average molecular weight is 152 g/mol. The van der Waals surface area contributed by atoms with Gasteiger partial charge in [-0.2, -0.15) is 0 Å². The average Bonchev–Trinajstić information content (AvgIpc) is 2.28. The molecule has 1 aliphatic heterocycles. The van der Waals surface area contributed by atoms with Crippen molar-refractivity contribution in [2.75, 3.05) is 6.54 Å². The number of nitrogens with one attached hydrogen (secondary N) is 1. The Labute approximate surface area is 69.6 Å². The second-order valence-corrected chi connectivity index (χ2v) is 3.89. The summed E-state index contributed by atoms with van der Waals surface area (Å²) in [6, 6.07) is 1.69. The molecule has 0 aromatic heterocycles. The molecule has 1 aliphatic carbocycles. The minimum Gasteiger partial charge on any atom is -0.309 e. The highest BCUT2D eigenvalue weighted by molar-refractivity contribution is 4.98. The van der Waals surface area contributed by atoms with E-state index >= 15 is 0 Å². The molecule has 0 amide bonds. The highest BCUT2D eigenvalue weighted by Gasteiger charge is 2.26. The minimum absolute atomic E-state index is 0.950. The highest BCUT2D eigenvalue weighted by atomic mass is 14.9. The standard InChI is InChI=1S/C10H18N/c1-2-5-9-6-4-8-11-10(9)7-3-1/h9,11H,1-8H2. The van der Waals surface area contributed by atoms with Crippen LogP contribution in [0, 0.1) is 12.0 Å². The topological polar surface area (TPSA) is 12.0 Å². The van der Waals surface area contributed by atoms with Crippen molar-refractivity contribution in [3.05, 3.63) is 6.04 Å². The predicted octanol–water partition coefficient (Wildman–Crippen LogP) is 2.48. The van der Waals surface area contributed by atoms with Crippen molar-refractivity contribution in [1.82, 2.24) is 5.32 Å². The van der Waals surface area contributed by atoms with E-state index < -0.39 is 0 Å². The van der Waals surface area contributed by atoms with Crippen LogP contribution in [0.3, 0.4) is 0 Å². The zero-order valence-corrected chi connectivity index (χ0v) is 7.23. The first-order chi connectivity index (χ1) is 5.47. The summed E-state index contributed by atoms with van der Waals surface area (Å²) in [5.74, 6) is 0.950. The zero-order valence-electron chi connectivity index (χ0n) is 7.23. The molecule has 1 saturated heterocycles. The Morgan fingerprint density at radius 3 is 2.91 bits per heavy atom. The van der Waals surface area contributed by atoms with Crippen molar-refractivity contribution in [2.45, 2.75) is 44.9 Å². The van der Waals surface area contributed by atoms with Crippen molar-refractivity contribution in [3.63, 3.8) is 0 Å². The Kier molecular flexibility index (Phi) is 2.47. The van der Waals surface area contributed by atoms with Gasteiger partial charge in [0.2, 0.25) is 0 Å². The van der Waals surface area contributed by atoms with Crippen molar-refractivity contribution < 1.29 is 0 Å². The summed E-state index contributed by atoms with van der Waals surface area (Å²) in [5, 5.41) is 3.58. The van der Waals surface area contributed by atoms with Gasteiger partial charge in [0.05, 0.1) is 0 Å². The maximum absolute atomic E-state index is 3.58. The molecular weight excluding hydrogens is 134 g/mol. The molecule has 2 fully saturated rings. The first-order valence-corrected chi connectivity index (χ1v) is 5.06. The number of hydrogen-bond acceptors (Lipinski definition) is 1. The summed E-state index contributed by atoms with van der Waals surface area (Å²) in [6.45, 7) is 1.24. The summed E-state index contributed by atoms with van der Waals surface area (Å²) < 4.78 is 0. The Hall–Kier alpha value is -0.0400. The van der Waals surface area contributed by atoms with Gasteiger partial charge in [0.25, 0.3) is 0 Å². The Morgan fingerprint density at radius 2 is 1.91 bits per heavy atom. The number of rotatable bonds is 0. The molecule has 1 atom stereocenters. The maximum atomic E-state index is 3.58. The lowest BCUT2D eigenvalue weighted by Crippen LogP contribution is -2.33. The molecule has 2 rings (SSSR count). The fourth-order valence-electron chi connectivity index (χ4n) is 2.41. The second kappa shape index (κ2) is 3.57. The van der Waals surface area contributed by atoms with Crippen LogP contribution in [0.2, 0.25) is 0 Å². The molecule has 0 aromatic rings. The van der Waals surface area contributed by atoms with Crippen molar-refractivity contribution >= 4 is 0 Å². The smallest absolute Gasteiger partial charge is 0.0395 e. The fraction of sp³-hybridized carbons (Fsp3) is 0.900. The second-order valence-electron chi connectivity index (χ2n) is 3.89. The largest absolute Gasteiger partial charge is 0.309 e. The van der Waals surface area contributed by atoms with Crippen LogP contribution in [-0.4, -0.2) is 6.54 Å². The van der Waals surface area contributed by atoms with Crippen LogP contribution in [0.1, 0.15) is 44.9 Å². The predicted molar refractivity (Wildman–Crippen MR) is 47.1 cm³/mol. The van der Waals surface area contributed by atoms with Crippen LogP contribution in [0.5, 0.6) is 0 Å². The van der Waals surface area contributed by atoms with Crippen molar-refractivity contribution in [1.29, 1.82) is 0 Å². The Morgan fingerprint density at radius 1 is 1.00 bits per heavy atom. The van der Waals surface area contributed by atoms with E-state index in [9.17, 15) is 0 Å². The van der Waals surface area contributed by atoms with Crippen LogP contribution in [0.25, 0.3) is 0 Å². The first kappa shape index (κ1) is 7.60. The molecule has 0 aromatic carbocycles. The van der Waals surface area contributed by atoms with Gasteiger partial charge in [-0.15, -0.1) is 0 Å². The summed E-state index contributed by atoms with van der Waals surface area (Å²) in [7, 11) is 0. The van der Waals surface area contributed by atoms with Crippen LogP contribution in [-0.2, 0) is 0 Å². The summed E-state index contributed by atoms with van der Waals surface area (Å²) in [4.78, 5) is 0. The molecule has 1 radical (unpaired) electrons. The third-order valence-electron chi connectivity index (χ3n) is 3.07. The van der Waals surface area contributed by atoms with Crippen molar-refractivity contribution in [2.24, 2.45) is 5.92 Å². The van der Waals surface area contributed by atoms with Gasteiger partial charge >= 0.3 is 0 Å². The van der Waals surface area contributed by atoms with Gasteiger partial charge < -0.3 is 5.32 Å². The van der Waals surface area contributed by atoms with Crippen LogP contribution < -0.4 is 5.32 Å². The third kappa shape index (κ3) is 1.76.